The molecule has 0 amide bonds. The van der Waals surface area contributed by atoms with Crippen molar-refractivity contribution >= 4 is 15.9 Å². The van der Waals surface area contributed by atoms with Crippen molar-refractivity contribution in [2.24, 2.45) is 0 Å². The van der Waals surface area contributed by atoms with E-state index in [-0.39, 0.29) is 0 Å². The van der Waals surface area contributed by atoms with Gasteiger partial charge in [-0.25, -0.2) is 4.68 Å². The van der Waals surface area contributed by atoms with Crippen LogP contribution in [0, 0.1) is 0 Å². The topological polar surface area (TPSA) is 17.8 Å². The van der Waals surface area contributed by atoms with Crippen molar-refractivity contribution < 1.29 is 13.2 Å². The van der Waals surface area contributed by atoms with Gasteiger partial charge in [0.25, 0.3) is 0 Å². The first-order chi connectivity index (χ1) is 7.50. The van der Waals surface area contributed by atoms with E-state index in [9.17, 15) is 13.2 Å². The van der Waals surface area contributed by atoms with Crippen molar-refractivity contribution in [2.75, 3.05) is 0 Å². The molecule has 2 rings (SSSR count). The van der Waals surface area contributed by atoms with Gasteiger partial charge in [-0.05, 0) is 34.1 Å². The number of aromatic nitrogens is 2. The number of rotatable bonds is 1. The van der Waals surface area contributed by atoms with Gasteiger partial charge in [0.15, 0.2) is 0 Å². The van der Waals surface area contributed by atoms with Crippen LogP contribution in [0.4, 0.5) is 13.2 Å². The fraction of sp³-hybridized carbons (Fsp3) is 0.100. The third-order valence-corrected chi connectivity index (χ3v) is 2.68. The van der Waals surface area contributed by atoms with Gasteiger partial charge in [0.05, 0.1) is 11.9 Å². The highest BCUT2D eigenvalue weighted by Crippen LogP contribution is 2.32. The molecular weight excluding hydrogens is 285 g/mol. The highest BCUT2D eigenvalue weighted by molar-refractivity contribution is 9.10. The second kappa shape index (κ2) is 3.93. The van der Waals surface area contributed by atoms with Crippen molar-refractivity contribution in [3.63, 3.8) is 0 Å². The van der Waals surface area contributed by atoms with Crippen molar-refractivity contribution in [1.29, 1.82) is 0 Å². The lowest BCUT2D eigenvalue weighted by Gasteiger charge is -2.11. The van der Waals surface area contributed by atoms with Crippen molar-refractivity contribution in [3.05, 3.63) is 46.7 Å². The zero-order valence-corrected chi connectivity index (χ0v) is 9.46. The number of benzene rings is 1. The predicted octanol–water partition coefficient (Wildman–Crippen LogP) is 3.65. The van der Waals surface area contributed by atoms with E-state index >= 15 is 0 Å². The van der Waals surface area contributed by atoms with Gasteiger partial charge in [0, 0.05) is 4.47 Å². The molecule has 0 atom stereocenters. The van der Waals surface area contributed by atoms with E-state index in [1.54, 1.807) is 24.3 Å². The smallest absolute Gasteiger partial charge is 0.227 e. The summed E-state index contributed by atoms with van der Waals surface area (Å²) in [5.74, 6) is 0. The molecule has 16 heavy (non-hydrogen) atoms. The maximum Gasteiger partial charge on any atom is 0.433 e. The van der Waals surface area contributed by atoms with Gasteiger partial charge < -0.3 is 0 Å². The summed E-state index contributed by atoms with van der Waals surface area (Å²) in [6.45, 7) is 0. The molecule has 0 fully saturated rings. The Bertz CT molecular complexity index is 505. The maximum atomic E-state index is 12.6. The highest BCUT2D eigenvalue weighted by Gasteiger charge is 2.35. The second-order valence-corrected chi connectivity index (χ2v) is 3.93. The van der Waals surface area contributed by atoms with Crippen LogP contribution in [0.5, 0.6) is 0 Å². The zero-order chi connectivity index (χ0) is 11.8. The third-order valence-electron chi connectivity index (χ3n) is 2.01. The Morgan fingerprint density at radius 2 is 1.81 bits per heavy atom. The molecule has 0 saturated heterocycles. The molecule has 84 valence electrons. The number of alkyl halides is 3. The van der Waals surface area contributed by atoms with Crippen LogP contribution in [0.15, 0.2) is 41.0 Å². The molecule has 1 aromatic heterocycles. The van der Waals surface area contributed by atoms with Crippen LogP contribution in [0.2, 0.25) is 0 Å². The Morgan fingerprint density at radius 1 is 1.12 bits per heavy atom. The number of hydrogen-bond acceptors (Lipinski definition) is 1. The van der Waals surface area contributed by atoms with Crippen molar-refractivity contribution in [1.82, 2.24) is 9.78 Å². The third kappa shape index (κ3) is 1.97. The molecule has 0 aliphatic rings. The van der Waals surface area contributed by atoms with E-state index in [0.29, 0.717) is 10.2 Å². The Balaban J connectivity index is 2.58. The Kier molecular flexibility index (Phi) is 2.75. The van der Waals surface area contributed by atoms with E-state index < -0.39 is 11.9 Å². The normalized spacial score (nSPS) is 11.8. The summed E-state index contributed by atoms with van der Waals surface area (Å²) >= 11 is 3.19. The largest absolute Gasteiger partial charge is 0.433 e. The minimum absolute atomic E-state index is 0.361. The lowest BCUT2D eigenvalue weighted by Crippen LogP contribution is -2.13. The average molecular weight is 291 g/mol. The minimum Gasteiger partial charge on any atom is -0.227 e. The fourth-order valence-electron chi connectivity index (χ4n) is 1.33. The van der Waals surface area contributed by atoms with Gasteiger partial charge in [-0.15, -0.1) is 0 Å². The van der Waals surface area contributed by atoms with Crippen LogP contribution in [-0.2, 0) is 6.18 Å². The first-order valence-electron chi connectivity index (χ1n) is 4.36. The first kappa shape index (κ1) is 11.2. The number of nitrogens with zero attached hydrogens (tertiary/aromatic N) is 2. The molecule has 0 aliphatic carbocycles. The van der Waals surface area contributed by atoms with E-state index in [4.69, 9.17) is 0 Å². The molecule has 0 N–H and O–H groups in total. The Hall–Kier alpha value is -1.30. The quantitative estimate of drug-likeness (QED) is 0.784. The summed E-state index contributed by atoms with van der Waals surface area (Å²) in [4.78, 5) is 0. The van der Waals surface area contributed by atoms with Gasteiger partial charge >= 0.3 is 6.18 Å². The minimum atomic E-state index is -4.41. The second-order valence-electron chi connectivity index (χ2n) is 3.08. The number of halogens is 4. The standard InChI is InChI=1S/C10H6BrF3N2/c11-7-3-1-2-4-8(7)16-9(5-6-15-16)10(12,13)14/h1-6H. The van der Waals surface area contributed by atoms with Crippen LogP contribution in [0.1, 0.15) is 5.69 Å². The van der Waals surface area contributed by atoms with Crippen LogP contribution >= 0.6 is 15.9 Å². The Morgan fingerprint density at radius 3 is 2.44 bits per heavy atom. The monoisotopic (exact) mass is 290 g/mol. The molecule has 0 aliphatic heterocycles. The zero-order valence-electron chi connectivity index (χ0n) is 7.87. The Labute approximate surface area is 97.8 Å². The van der Waals surface area contributed by atoms with E-state index in [0.717, 1.165) is 16.9 Å². The molecule has 1 aromatic carbocycles. The summed E-state index contributed by atoms with van der Waals surface area (Å²) in [5, 5.41) is 3.68. The molecule has 0 saturated carbocycles. The van der Waals surface area contributed by atoms with Crippen LogP contribution in [0.3, 0.4) is 0 Å². The van der Waals surface area contributed by atoms with Gasteiger partial charge in [0.2, 0.25) is 0 Å². The molecule has 0 unspecified atom stereocenters. The lowest BCUT2D eigenvalue weighted by atomic mass is 10.3. The van der Waals surface area contributed by atoms with Gasteiger partial charge in [-0.1, -0.05) is 12.1 Å². The molecular formula is C10H6BrF3N2. The molecule has 1 heterocycles. The van der Waals surface area contributed by atoms with E-state index in [2.05, 4.69) is 21.0 Å². The van der Waals surface area contributed by atoms with Crippen molar-refractivity contribution in [2.45, 2.75) is 6.18 Å². The highest BCUT2D eigenvalue weighted by atomic mass is 79.9. The van der Waals surface area contributed by atoms with Crippen LogP contribution < -0.4 is 0 Å². The molecule has 6 heteroatoms. The van der Waals surface area contributed by atoms with Gasteiger partial charge in [-0.3, -0.25) is 0 Å². The van der Waals surface area contributed by atoms with Crippen LogP contribution in [-0.4, -0.2) is 9.78 Å². The van der Waals surface area contributed by atoms with E-state index in [1.165, 1.54) is 0 Å². The summed E-state index contributed by atoms with van der Waals surface area (Å²) in [6, 6.07) is 7.55. The average Bonchev–Trinajstić information content (AvgIpc) is 2.66. The van der Waals surface area contributed by atoms with Crippen LogP contribution in [0.25, 0.3) is 5.69 Å². The number of hydrogen-bond donors (Lipinski definition) is 0. The molecule has 0 bridgehead atoms. The fourth-order valence-corrected chi connectivity index (χ4v) is 1.79. The molecule has 2 nitrogen and oxygen atoms in total. The summed E-state index contributed by atoms with van der Waals surface area (Å²) in [6.07, 6.45) is -3.28. The van der Waals surface area contributed by atoms with Gasteiger partial charge in [-0.2, -0.15) is 18.3 Å². The first-order valence-corrected chi connectivity index (χ1v) is 5.15. The molecule has 2 aromatic rings. The summed E-state index contributed by atoms with van der Waals surface area (Å²) < 4.78 is 39.3. The number of para-hydroxylation sites is 1. The van der Waals surface area contributed by atoms with Gasteiger partial charge in [0.1, 0.15) is 5.69 Å². The molecule has 0 radical (unpaired) electrons. The van der Waals surface area contributed by atoms with Crippen molar-refractivity contribution in [3.8, 4) is 5.69 Å². The van der Waals surface area contributed by atoms with E-state index in [1.807, 2.05) is 0 Å². The maximum absolute atomic E-state index is 12.6. The summed E-state index contributed by atoms with van der Waals surface area (Å²) in [5.41, 5.74) is -0.431. The SMILES string of the molecule is FC(F)(F)c1ccnn1-c1ccccc1Br. The summed E-state index contributed by atoms with van der Waals surface area (Å²) in [7, 11) is 0. The molecule has 0 spiro atoms. The lowest BCUT2D eigenvalue weighted by molar-refractivity contribution is -0.142. The predicted molar refractivity (Wildman–Crippen MR) is 56.3 cm³/mol.